The van der Waals surface area contributed by atoms with Gasteiger partial charge in [0.25, 0.3) is 5.91 Å². The van der Waals surface area contributed by atoms with E-state index in [0.717, 1.165) is 29.8 Å². The molecule has 0 aliphatic carbocycles. The predicted molar refractivity (Wildman–Crippen MR) is 117 cm³/mol. The molecule has 1 spiro atoms. The van der Waals surface area contributed by atoms with Crippen molar-refractivity contribution in [2.45, 2.75) is 70.4 Å². The minimum Gasteiger partial charge on any atom is -0.491 e. The number of rotatable bonds is 4. The minimum atomic E-state index is -0.410. The van der Waals surface area contributed by atoms with Gasteiger partial charge in [0, 0.05) is 44.7 Å². The second-order valence-corrected chi connectivity index (χ2v) is 9.20. The highest BCUT2D eigenvalue weighted by Crippen LogP contribution is 2.43. The van der Waals surface area contributed by atoms with Crippen LogP contribution in [0, 0.1) is 6.92 Å². The third-order valence-corrected chi connectivity index (χ3v) is 6.42. The highest BCUT2D eigenvalue weighted by Gasteiger charge is 2.45. The number of benzene rings is 1. The maximum atomic E-state index is 13.1. The molecule has 0 saturated carbocycles. The van der Waals surface area contributed by atoms with E-state index in [9.17, 15) is 9.90 Å². The van der Waals surface area contributed by atoms with Gasteiger partial charge < -0.3 is 19.5 Å². The molecule has 0 radical (unpaired) electrons. The van der Waals surface area contributed by atoms with Gasteiger partial charge >= 0.3 is 0 Å². The Hall–Kier alpha value is -2.38. The lowest BCUT2D eigenvalue weighted by molar-refractivity contribution is -0.183. The molecule has 7 heteroatoms. The number of amides is 1. The molecule has 168 valence electrons. The molecule has 2 atom stereocenters. The molecule has 1 aromatic heterocycles. The Kier molecular flexibility index (Phi) is 6.08. The van der Waals surface area contributed by atoms with Crippen molar-refractivity contribution in [2.75, 3.05) is 13.1 Å². The van der Waals surface area contributed by atoms with Crippen LogP contribution < -0.4 is 4.74 Å². The molecule has 1 N–H and O–H groups in total. The summed E-state index contributed by atoms with van der Waals surface area (Å²) in [6.07, 6.45) is 3.90. The fourth-order valence-electron chi connectivity index (χ4n) is 4.83. The van der Waals surface area contributed by atoms with Gasteiger partial charge in [-0.2, -0.15) is 5.10 Å². The van der Waals surface area contributed by atoms with E-state index in [-0.39, 0.29) is 18.1 Å². The Morgan fingerprint density at radius 2 is 2.03 bits per heavy atom. The number of nitrogens with zero attached hydrogens (tertiary/aromatic N) is 3. The molecular formula is C24H33N3O4. The summed E-state index contributed by atoms with van der Waals surface area (Å²) in [5.41, 5.74) is 2.23. The monoisotopic (exact) mass is 427 g/mol. The van der Waals surface area contributed by atoms with E-state index in [1.54, 1.807) is 6.20 Å². The quantitative estimate of drug-likeness (QED) is 0.809. The molecular weight excluding hydrogens is 394 g/mol. The van der Waals surface area contributed by atoms with E-state index < -0.39 is 11.7 Å². The van der Waals surface area contributed by atoms with Gasteiger partial charge in [0.15, 0.2) is 0 Å². The molecule has 1 amide bonds. The molecule has 0 bridgehead atoms. The highest BCUT2D eigenvalue weighted by atomic mass is 16.5. The van der Waals surface area contributed by atoms with Gasteiger partial charge in [0.1, 0.15) is 11.9 Å². The lowest BCUT2D eigenvalue weighted by Crippen LogP contribution is -2.52. The van der Waals surface area contributed by atoms with Crippen LogP contribution in [0.25, 0.3) is 0 Å². The van der Waals surface area contributed by atoms with Crippen molar-refractivity contribution in [2.24, 2.45) is 7.05 Å². The van der Waals surface area contributed by atoms with Crippen LogP contribution in [0.2, 0.25) is 0 Å². The number of likely N-dealkylation sites (tertiary alicyclic amines) is 1. The van der Waals surface area contributed by atoms with Gasteiger partial charge in [-0.3, -0.25) is 9.48 Å². The van der Waals surface area contributed by atoms with Crippen molar-refractivity contribution >= 4 is 5.91 Å². The zero-order valence-corrected chi connectivity index (χ0v) is 18.9. The second kappa shape index (κ2) is 8.63. The number of carbonyl (C=O) groups excluding carboxylic acids is 1. The Bertz CT molecular complexity index is 931. The Balaban J connectivity index is 1.42. The summed E-state index contributed by atoms with van der Waals surface area (Å²) >= 11 is 0. The lowest BCUT2D eigenvalue weighted by Gasteiger charge is -2.47. The van der Waals surface area contributed by atoms with Crippen molar-refractivity contribution in [3.05, 3.63) is 47.3 Å². The van der Waals surface area contributed by atoms with Crippen molar-refractivity contribution in [3.8, 4) is 5.75 Å². The van der Waals surface area contributed by atoms with Crippen molar-refractivity contribution < 1.29 is 19.4 Å². The van der Waals surface area contributed by atoms with E-state index >= 15 is 0 Å². The van der Waals surface area contributed by atoms with Crippen LogP contribution in [0.1, 0.15) is 67.3 Å². The first kappa shape index (κ1) is 21.8. The van der Waals surface area contributed by atoms with Crippen LogP contribution in [0.3, 0.4) is 0 Å². The van der Waals surface area contributed by atoms with Crippen molar-refractivity contribution in [1.82, 2.24) is 14.7 Å². The zero-order valence-electron chi connectivity index (χ0n) is 18.9. The number of ether oxygens (including phenoxy) is 2. The number of aromatic nitrogens is 2. The minimum absolute atomic E-state index is 0.0357. The maximum Gasteiger partial charge on any atom is 0.253 e. The Morgan fingerprint density at radius 3 is 2.65 bits per heavy atom. The fraction of sp³-hybridized carbons (Fsp3) is 0.583. The molecule has 2 fully saturated rings. The average molecular weight is 428 g/mol. The zero-order chi connectivity index (χ0) is 22.2. The van der Waals surface area contributed by atoms with Gasteiger partial charge in [-0.05, 0) is 63.4 Å². The SMILES string of the molecule is Cc1cc(C(=O)N2CCC3(CC2)C[C@@H](O)C[C@@H](c2ccnn2C)O3)ccc1OC(C)C. The third-order valence-electron chi connectivity index (χ3n) is 6.42. The summed E-state index contributed by atoms with van der Waals surface area (Å²) in [6.45, 7) is 7.19. The van der Waals surface area contributed by atoms with Gasteiger partial charge in [-0.1, -0.05) is 0 Å². The lowest BCUT2D eigenvalue weighted by atomic mass is 9.81. The molecule has 2 saturated heterocycles. The van der Waals surface area contributed by atoms with Crippen molar-refractivity contribution in [1.29, 1.82) is 0 Å². The first-order valence-electron chi connectivity index (χ1n) is 11.2. The maximum absolute atomic E-state index is 13.1. The number of hydrogen-bond acceptors (Lipinski definition) is 5. The van der Waals surface area contributed by atoms with E-state index in [1.165, 1.54) is 0 Å². The average Bonchev–Trinajstić information content (AvgIpc) is 3.15. The van der Waals surface area contributed by atoms with Crippen LogP contribution in [0.5, 0.6) is 5.75 Å². The molecule has 2 aliphatic rings. The number of piperidine rings is 1. The number of hydrogen-bond donors (Lipinski definition) is 1. The predicted octanol–water partition coefficient (Wildman–Crippen LogP) is 3.40. The van der Waals surface area contributed by atoms with E-state index in [4.69, 9.17) is 9.47 Å². The van der Waals surface area contributed by atoms with Gasteiger partial charge in [0.2, 0.25) is 0 Å². The van der Waals surface area contributed by atoms with Crippen LogP contribution in [0.4, 0.5) is 0 Å². The summed E-state index contributed by atoms with van der Waals surface area (Å²) < 4.78 is 14.1. The van der Waals surface area contributed by atoms with Crippen molar-refractivity contribution in [3.63, 3.8) is 0 Å². The Labute approximate surface area is 184 Å². The fourth-order valence-corrected chi connectivity index (χ4v) is 4.83. The van der Waals surface area contributed by atoms with Gasteiger partial charge in [-0.15, -0.1) is 0 Å². The van der Waals surface area contributed by atoms with Crippen LogP contribution >= 0.6 is 0 Å². The molecule has 1 aromatic carbocycles. The molecule has 4 rings (SSSR count). The van der Waals surface area contributed by atoms with E-state index in [1.807, 2.05) is 61.7 Å². The van der Waals surface area contributed by atoms with E-state index in [0.29, 0.717) is 31.5 Å². The molecule has 3 heterocycles. The standard InChI is InChI=1S/C24H33N3O4/c1-16(2)30-21-6-5-18(13-17(21)3)23(29)27-11-8-24(9-12-27)15-19(28)14-22(31-24)20-7-10-25-26(20)4/h5-7,10,13,16,19,22,28H,8-9,11-12,14-15H2,1-4H3/t19-,22-/m0/s1. The summed E-state index contributed by atoms with van der Waals surface area (Å²) in [6, 6.07) is 7.58. The summed E-state index contributed by atoms with van der Waals surface area (Å²) in [5, 5.41) is 14.8. The second-order valence-electron chi connectivity index (χ2n) is 9.20. The largest absolute Gasteiger partial charge is 0.491 e. The van der Waals surface area contributed by atoms with Gasteiger partial charge in [0.05, 0.1) is 23.5 Å². The number of aliphatic hydroxyl groups is 1. The first-order valence-corrected chi connectivity index (χ1v) is 11.2. The third kappa shape index (κ3) is 4.62. The molecule has 31 heavy (non-hydrogen) atoms. The van der Waals surface area contributed by atoms with Crippen LogP contribution in [0.15, 0.2) is 30.5 Å². The molecule has 0 unspecified atom stereocenters. The smallest absolute Gasteiger partial charge is 0.253 e. The first-order chi connectivity index (χ1) is 14.8. The topological polar surface area (TPSA) is 76.8 Å². The number of carbonyl (C=O) groups is 1. The number of aliphatic hydroxyl groups excluding tert-OH is 1. The molecule has 2 aliphatic heterocycles. The van der Waals surface area contributed by atoms with Crippen LogP contribution in [-0.4, -0.2) is 56.6 Å². The normalized spacial score (nSPS) is 23.4. The van der Waals surface area contributed by atoms with Gasteiger partial charge in [-0.25, -0.2) is 0 Å². The van der Waals surface area contributed by atoms with Crippen LogP contribution in [-0.2, 0) is 11.8 Å². The Morgan fingerprint density at radius 1 is 1.29 bits per heavy atom. The molecule has 7 nitrogen and oxygen atoms in total. The highest BCUT2D eigenvalue weighted by molar-refractivity contribution is 5.94. The number of aryl methyl sites for hydroxylation is 2. The van der Waals surface area contributed by atoms with E-state index in [2.05, 4.69) is 5.10 Å². The summed E-state index contributed by atoms with van der Waals surface area (Å²) in [7, 11) is 1.90. The summed E-state index contributed by atoms with van der Waals surface area (Å²) in [5.74, 6) is 0.850. The summed E-state index contributed by atoms with van der Waals surface area (Å²) in [4.78, 5) is 15.0. The molecule has 2 aromatic rings.